The molecule has 30 heavy (non-hydrogen) atoms. The molecule has 0 saturated carbocycles. The first-order valence-corrected chi connectivity index (χ1v) is 12.2. The van der Waals surface area contributed by atoms with Crippen LogP contribution in [0.15, 0.2) is 70.5 Å². The van der Waals surface area contributed by atoms with Gasteiger partial charge in [-0.2, -0.15) is 16.8 Å². The number of hydrogen-bond acceptors (Lipinski definition) is 6. The Morgan fingerprint density at radius 1 is 0.767 bits per heavy atom. The fourth-order valence-corrected chi connectivity index (χ4v) is 3.24. The van der Waals surface area contributed by atoms with Gasteiger partial charge in [0.1, 0.15) is 0 Å². The predicted octanol–water partition coefficient (Wildman–Crippen LogP) is 3.03. The van der Waals surface area contributed by atoms with Crippen LogP contribution in [0, 0.1) is 5.92 Å². The summed E-state index contributed by atoms with van der Waals surface area (Å²) >= 11 is 0. The summed E-state index contributed by atoms with van der Waals surface area (Å²) in [6, 6.07) is 14.8. The molecule has 0 heterocycles. The zero-order valence-corrected chi connectivity index (χ0v) is 18.6. The van der Waals surface area contributed by atoms with Crippen molar-refractivity contribution in [2.75, 3.05) is 6.61 Å². The Bertz CT molecular complexity index is 827. The summed E-state index contributed by atoms with van der Waals surface area (Å²) in [7, 11) is -8.01. The minimum absolute atomic E-state index is 0.0741. The van der Waals surface area contributed by atoms with Crippen molar-refractivity contribution >= 4 is 20.2 Å². The summed E-state index contributed by atoms with van der Waals surface area (Å²) in [6.07, 6.45) is 2.34. The van der Waals surface area contributed by atoms with Gasteiger partial charge < -0.3 is 10.2 Å². The topological polar surface area (TPSA) is 149 Å². The van der Waals surface area contributed by atoms with Crippen molar-refractivity contribution in [2.45, 2.75) is 49.0 Å². The van der Waals surface area contributed by atoms with Gasteiger partial charge in [0, 0.05) is 12.5 Å². The maximum Gasteiger partial charge on any atom is 0.294 e. The van der Waals surface area contributed by atoms with Crippen LogP contribution in [0.25, 0.3) is 0 Å². The van der Waals surface area contributed by atoms with E-state index in [2.05, 4.69) is 0 Å². The molecular formula is C20H30O8S2. The van der Waals surface area contributed by atoms with Gasteiger partial charge in [0.05, 0.1) is 15.9 Å². The molecule has 2 unspecified atom stereocenters. The van der Waals surface area contributed by atoms with Crippen molar-refractivity contribution in [1.29, 1.82) is 0 Å². The highest BCUT2D eigenvalue weighted by Crippen LogP contribution is 2.12. The van der Waals surface area contributed by atoms with Crippen molar-refractivity contribution in [3.63, 3.8) is 0 Å². The van der Waals surface area contributed by atoms with Crippen LogP contribution >= 0.6 is 0 Å². The van der Waals surface area contributed by atoms with Crippen LogP contribution in [0.5, 0.6) is 0 Å². The van der Waals surface area contributed by atoms with Crippen molar-refractivity contribution in [3.8, 4) is 0 Å². The van der Waals surface area contributed by atoms with E-state index in [1.807, 2.05) is 13.8 Å². The molecule has 0 radical (unpaired) electrons. The highest BCUT2D eigenvalue weighted by molar-refractivity contribution is 7.86. The zero-order valence-electron chi connectivity index (χ0n) is 17.0. The Morgan fingerprint density at radius 3 is 1.33 bits per heavy atom. The monoisotopic (exact) mass is 462 g/mol. The summed E-state index contributed by atoms with van der Waals surface area (Å²) in [5.41, 5.74) is 0. The fraction of sp³-hybridized carbons (Fsp3) is 0.400. The molecule has 2 aromatic carbocycles. The Balaban J connectivity index is 0.000000420. The van der Waals surface area contributed by atoms with E-state index in [4.69, 9.17) is 14.2 Å². The SMILES string of the molecule is CCCC(O)C(CC)CO.O=S(=O)(O)c1ccccc1.O=S(=O)(O)c1ccccc1. The van der Waals surface area contributed by atoms with Crippen molar-refractivity contribution in [3.05, 3.63) is 60.7 Å². The Labute approximate surface area is 178 Å². The molecule has 0 aliphatic carbocycles. The van der Waals surface area contributed by atoms with Crippen molar-refractivity contribution in [2.24, 2.45) is 5.92 Å². The van der Waals surface area contributed by atoms with E-state index in [0.29, 0.717) is 0 Å². The van der Waals surface area contributed by atoms with E-state index in [1.54, 1.807) is 36.4 Å². The molecule has 0 bridgehead atoms. The van der Waals surface area contributed by atoms with Crippen LogP contribution < -0.4 is 0 Å². The second-order valence-electron chi connectivity index (χ2n) is 6.28. The molecule has 4 N–H and O–H groups in total. The van der Waals surface area contributed by atoms with Crippen LogP contribution in [0.1, 0.15) is 33.1 Å². The lowest BCUT2D eigenvalue weighted by Crippen LogP contribution is -2.22. The van der Waals surface area contributed by atoms with Gasteiger partial charge in [-0.05, 0) is 37.1 Å². The molecule has 2 atom stereocenters. The van der Waals surface area contributed by atoms with Crippen LogP contribution in [-0.4, -0.2) is 48.9 Å². The average Bonchev–Trinajstić information content (AvgIpc) is 2.70. The summed E-state index contributed by atoms with van der Waals surface area (Å²) in [5, 5.41) is 18.1. The van der Waals surface area contributed by atoms with Gasteiger partial charge in [0.15, 0.2) is 0 Å². The molecular weight excluding hydrogens is 432 g/mol. The number of aliphatic hydroxyl groups excluding tert-OH is 2. The zero-order chi connectivity index (χ0) is 23.2. The Morgan fingerprint density at radius 2 is 1.13 bits per heavy atom. The second kappa shape index (κ2) is 14.2. The van der Waals surface area contributed by atoms with Crippen molar-refractivity contribution < 1.29 is 36.2 Å². The van der Waals surface area contributed by atoms with Gasteiger partial charge in [-0.25, -0.2) is 0 Å². The van der Waals surface area contributed by atoms with E-state index in [9.17, 15) is 21.9 Å². The molecule has 0 amide bonds. The third kappa shape index (κ3) is 12.0. The van der Waals surface area contributed by atoms with E-state index in [0.717, 1.165) is 19.3 Å². The lowest BCUT2D eigenvalue weighted by Gasteiger charge is -2.17. The van der Waals surface area contributed by atoms with Crippen LogP contribution in [0.4, 0.5) is 0 Å². The van der Waals surface area contributed by atoms with Crippen LogP contribution in [0.3, 0.4) is 0 Å². The second-order valence-corrected chi connectivity index (χ2v) is 9.13. The summed E-state index contributed by atoms with van der Waals surface area (Å²) in [4.78, 5) is -0.148. The van der Waals surface area contributed by atoms with Gasteiger partial charge in [-0.1, -0.05) is 56.7 Å². The highest BCUT2D eigenvalue weighted by atomic mass is 32.2. The fourth-order valence-electron chi connectivity index (χ4n) is 2.24. The summed E-state index contributed by atoms with van der Waals surface area (Å²) < 4.78 is 58.5. The Kier molecular flexibility index (Phi) is 13.4. The normalized spacial score (nSPS) is 13.1. The lowest BCUT2D eigenvalue weighted by molar-refractivity contribution is 0.0584. The standard InChI is InChI=1S/C8H18O2.2C6H6O3S/c1-3-5-8(10)7(4-2)6-9;2*7-10(8,9)6-4-2-1-3-5-6/h7-10H,3-6H2,1-2H3;2*1-5H,(H,7,8,9). The predicted molar refractivity (Wildman–Crippen MR) is 114 cm³/mol. The molecule has 8 nitrogen and oxygen atoms in total. The van der Waals surface area contributed by atoms with Crippen LogP contribution in [0.2, 0.25) is 0 Å². The molecule has 0 aliphatic heterocycles. The molecule has 0 spiro atoms. The smallest absolute Gasteiger partial charge is 0.294 e. The van der Waals surface area contributed by atoms with Gasteiger partial charge in [-0.15, -0.1) is 0 Å². The maximum atomic E-state index is 10.4. The molecule has 10 heteroatoms. The largest absolute Gasteiger partial charge is 0.396 e. The van der Waals surface area contributed by atoms with E-state index < -0.39 is 20.2 Å². The molecule has 170 valence electrons. The van der Waals surface area contributed by atoms with E-state index in [-0.39, 0.29) is 28.4 Å². The third-order valence-corrected chi connectivity index (χ3v) is 5.71. The lowest BCUT2D eigenvalue weighted by atomic mass is 9.97. The molecule has 2 rings (SSSR count). The number of hydrogen-bond donors (Lipinski definition) is 4. The molecule has 0 aromatic heterocycles. The van der Waals surface area contributed by atoms with Crippen molar-refractivity contribution in [1.82, 2.24) is 0 Å². The first-order valence-electron chi connectivity index (χ1n) is 9.31. The van der Waals surface area contributed by atoms with Gasteiger partial charge in [0.2, 0.25) is 0 Å². The van der Waals surface area contributed by atoms with E-state index in [1.165, 1.54) is 24.3 Å². The third-order valence-electron chi connectivity index (χ3n) is 3.97. The molecule has 0 fully saturated rings. The average molecular weight is 463 g/mol. The number of rotatable bonds is 7. The molecule has 0 saturated heterocycles. The summed E-state index contributed by atoms with van der Waals surface area (Å²) in [6.45, 7) is 4.13. The quantitative estimate of drug-likeness (QED) is 0.459. The number of benzene rings is 2. The molecule has 0 aliphatic rings. The molecule has 2 aromatic rings. The van der Waals surface area contributed by atoms with Gasteiger partial charge in [-0.3, -0.25) is 9.11 Å². The van der Waals surface area contributed by atoms with Gasteiger partial charge >= 0.3 is 0 Å². The van der Waals surface area contributed by atoms with E-state index >= 15 is 0 Å². The maximum absolute atomic E-state index is 10.4. The van der Waals surface area contributed by atoms with Crippen LogP contribution in [-0.2, 0) is 20.2 Å². The first kappa shape index (κ1) is 28.2. The first-order chi connectivity index (χ1) is 14.0. The van der Waals surface area contributed by atoms with Gasteiger partial charge in [0.25, 0.3) is 20.2 Å². The minimum atomic E-state index is -4.00. The summed E-state index contributed by atoms with van der Waals surface area (Å²) in [5.74, 6) is 0.0833. The highest BCUT2D eigenvalue weighted by Gasteiger charge is 2.14. The number of aliphatic hydroxyl groups is 2. The minimum Gasteiger partial charge on any atom is -0.396 e. The Hall–Kier alpha value is -1.82.